The Balaban J connectivity index is 2.35. The van der Waals surface area contributed by atoms with E-state index >= 15 is 0 Å². The number of nitrogens with zero attached hydrogens (tertiary/aromatic N) is 1. The lowest BCUT2D eigenvalue weighted by Crippen LogP contribution is -2.43. The second-order valence-corrected chi connectivity index (χ2v) is 12.0. The lowest BCUT2D eigenvalue weighted by molar-refractivity contribution is -0.141. The number of hydrogen-bond acceptors (Lipinski definition) is 4. The summed E-state index contributed by atoms with van der Waals surface area (Å²) in [5, 5.41) is 20.4. The highest BCUT2D eigenvalue weighted by molar-refractivity contribution is 5.97. The number of aliphatic carboxylic acids is 1. The second kappa shape index (κ2) is 12.5. The van der Waals surface area contributed by atoms with E-state index in [1.165, 1.54) is 24.4 Å². The van der Waals surface area contributed by atoms with Gasteiger partial charge in [0.15, 0.2) is 0 Å². The molecule has 0 fully saturated rings. The van der Waals surface area contributed by atoms with Crippen LogP contribution in [0.15, 0.2) is 36.4 Å². The molecule has 0 aliphatic heterocycles. The van der Waals surface area contributed by atoms with Crippen molar-refractivity contribution in [1.82, 2.24) is 4.90 Å². The third-order valence-corrected chi connectivity index (χ3v) is 8.96. The van der Waals surface area contributed by atoms with Gasteiger partial charge < -0.3 is 19.8 Å². The molecule has 0 bridgehead atoms. The van der Waals surface area contributed by atoms with Crippen LogP contribution in [0.2, 0.25) is 0 Å². The van der Waals surface area contributed by atoms with Gasteiger partial charge in [0.25, 0.3) is 5.91 Å². The van der Waals surface area contributed by atoms with Gasteiger partial charge in [-0.25, -0.2) is 4.79 Å². The van der Waals surface area contributed by atoms with Gasteiger partial charge in [0.2, 0.25) is 0 Å². The maximum atomic E-state index is 13.0. The molecule has 0 spiro atoms. The highest BCUT2D eigenvalue weighted by Gasteiger charge is 2.38. The Kier molecular flexibility index (Phi) is 10.4. The average Bonchev–Trinajstić information content (AvgIpc) is 2.88. The highest BCUT2D eigenvalue weighted by atomic mass is 16.5. The van der Waals surface area contributed by atoms with E-state index in [0.29, 0.717) is 25.0 Å². The van der Waals surface area contributed by atoms with Gasteiger partial charge in [-0.1, -0.05) is 65.8 Å². The summed E-state index contributed by atoms with van der Waals surface area (Å²) in [5.41, 5.74) is 3.44. The number of carbonyl (C=O) groups is 2. The maximum Gasteiger partial charge on any atom is 0.326 e. The summed E-state index contributed by atoms with van der Waals surface area (Å²) in [7, 11) is 1.52. The van der Waals surface area contributed by atoms with E-state index < -0.39 is 17.6 Å². The van der Waals surface area contributed by atoms with Crippen molar-refractivity contribution in [3.63, 3.8) is 0 Å². The Morgan fingerprint density at radius 2 is 1.46 bits per heavy atom. The number of ether oxygens (including phenoxy) is 1. The summed E-state index contributed by atoms with van der Waals surface area (Å²) in [6.07, 6.45) is 2.99. The van der Waals surface area contributed by atoms with Gasteiger partial charge in [-0.3, -0.25) is 4.79 Å². The van der Waals surface area contributed by atoms with Gasteiger partial charge >= 0.3 is 5.97 Å². The summed E-state index contributed by atoms with van der Waals surface area (Å²) < 4.78 is 6.15. The Morgan fingerprint density at radius 3 is 1.90 bits per heavy atom. The van der Waals surface area contributed by atoms with Crippen LogP contribution in [-0.4, -0.2) is 52.3 Å². The SMILES string of the molecule is CCC(CC)(c1ccc(OCCC(O)(CC)C(C)(C)C)c(C)c1)c1ccc(C(=O)N(C)C(C)C(=O)O)c(C)c1. The summed E-state index contributed by atoms with van der Waals surface area (Å²) in [5.74, 6) is -0.514. The molecule has 0 radical (unpaired) electrons. The number of aliphatic hydroxyl groups is 1. The first kappa shape index (κ1) is 32.4. The topological polar surface area (TPSA) is 87.1 Å². The molecule has 0 aliphatic rings. The molecule has 0 heterocycles. The van der Waals surface area contributed by atoms with Crippen molar-refractivity contribution in [2.45, 2.75) is 105 Å². The van der Waals surface area contributed by atoms with Crippen LogP contribution >= 0.6 is 0 Å². The van der Waals surface area contributed by atoms with Crippen LogP contribution in [0.25, 0.3) is 0 Å². The van der Waals surface area contributed by atoms with E-state index in [-0.39, 0.29) is 16.7 Å². The molecule has 2 aromatic rings. The van der Waals surface area contributed by atoms with Gasteiger partial charge in [0, 0.05) is 24.4 Å². The molecule has 0 aliphatic carbocycles. The van der Waals surface area contributed by atoms with E-state index in [0.717, 1.165) is 35.3 Å². The quantitative estimate of drug-likeness (QED) is 0.306. The minimum atomic E-state index is -1.03. The number of likely N-dealkylation sites (N-methyl/N-ethyl adjacent to an activating group) is 1. The monoisotopic (exact) mass is 539 g/mol. The summed E-state index contributed by atoms with van der Waals surface area (Å²) in [6.45, 7) is 18.5. The fraction of sp³-hybridized carbons (Fsp3) is 0.576. The fourth-order valence-corrected chi connectivity index (χ4v) is 5.49. The number of carboxylic acid groups (broad SMARTS) is 1. The van der Waals surface area contributed by atoms with Crippen LogP contribution in [0.5, 0.6) is 5.75 Å². The predicted molar refractivity (Wildman–Crippen MR) is 158 cm³/mol. The first-order chi connectivity index (χ1) is 18.1. The molecule has 2 unspecified atom stereocenters. The molecule has 2 rings (SSSR count). The summed E-state index contributed by atoms with van der Waals surface area (Å²) in [4.78, 5) is 25.7. The van der Waals surface area contributed by atoms with Crippen molar-refractivity contribution in [3.8, 4) is 5.75 Å². The lowest BCUT2D eigenvalue weighted by atomic mass is 9.70. The van der Waals surface area contributed by atoms with Crippen molar-refractivity contribution in [3.05, 3.63) is 64.2 Å². The molecule has 2 aromatic carbocycles. The molecule has 2 N–H and O–H groups in total. The zero-order valence-corrected chi connectivity index (χ0v) is 25.6. The Labute approximate surface area is 235 Å². The van der Waals surface area contributed by atoms with Crippen molar-refractivity contribution in [1.29, 1.82) is 0 Å². The van der Waals surface area contributed by atoms with Crippen molar-refractivity contribution < 1.29 is 24.5 Å². The Bertz CT molecular complexity index is 1160. The largest absolute Gasteiger partial charge is 0.493 e. The number of amides is 1. The summed E-state index contributed by atoms with van der Waals surface area (Å²) >= 11 is 0. The van der Waals surface area contributed by atoms with Crippen molar-refractivity contribution >= 4 is 11.9 Å². The molecule has 6 heteroatoms. The predicted octanol–water partition coefficient (Wildman–Crippen LogP) is 6.91. The normalized spacial score (nSPS) is 14.4. The molecular weight excluding hydrogens is 490 g/mol. The molecule has 0 saturated heterocycles. The van der Waals surface area contributed by atoms with Crippen molar-refractivity contribution in [2.24, 2.45) is 5.41 Å². The molecular formula is C33H49NO5. The average molecular weight is 540 g/mol. The third kappa shape index (κ3) is 6.66. The molecule has 2 atom stereocenters. The minimum Gasteiger partial charge on any atom is -0.493 e. The highest BCUT2D eigenvalue weighted by Crippen LogP contribution is 2.41. The standard InChI is InChI=1S/C33H49NO5/c1-11-32(12-2,25-14-16-27(22(4)20-25)29(35)34(10)24(6)30(36)37)26-15-17-28(23(5)21-26)39-19-18-33(38,13-3)31(7,8)9/h14-17,20-21,24,38H,11-13,18-19H2,1-10H3,(H,36,37). The van der Waals surface area contributed by atoms with E-state index in [2.05, 4.69) is 59.7 Å². The number of carbonyl (C=O) groups excluding carboxylic acids is 1. The Morgan fingerprint density at radius 1 is 0.923 bits per heavy atom. The smallest absolute Gasteiger partial charge is 0.326 e. The molecule has 216 valence electrons. The van der Waals surface area contributed by atoms with Crippen LogP contribution in [0.1, 0.15) is 107 Å². The van der Waals surface area contributed by atoms with Crippen LogP contribution in [0.4, 0.5) is 0 Å². The second-order valence-electron chi connectivity index (χ2n) is 12.0. The van der Waals surface area contributed by atoms with Gasteiger partial charge in [0.1, 0.15) is 11.8 Å². The Hall–Kier alpha value is -2.86. The first-order valence-electron chi connectivity index (χ1n) is 14.2. The zero-order valence-electron chi connectivity index (χ0n) is 25.6. The van der Waals surface area contributed by atoms with Gasteiger partial charge in [-0.05, 0) is 79.8 Å². The number of benzene rings is 2. The van der Waals surface area contributed by atoms with Crippen LogP contribution in [0, 0.1) is 19.3 Å². The zero-order chi connectivity index (χ0) is 29.8. The van der Waals surface area contributed by atoms with Crippen LogP contribution < -0.4 is 4.74 Å². The third-order valence-electron chi connectivity index (χ3n) is 8.96. The van der Waals surface area contributed by atoms with Gasteiger partial charge in [-0.15, -0.1) is 0 Å². The first-order valence-corrected chi connectivity index (χ1v) is 14.2. The molecule has 0 saturated carbocycles. The molecule has 39 heavy (non-hydrogen) atoms. The fourth-order valence-electron chi connectivity index (χ4n) is 5.49. The van der Waals surface area contributed by atoms with Crippen molar-refractivity contribution in [2.75, 3.05) is 13.7 Å². The number of rotatable bonds is 12. The van der Waals surface area contributed by atoms with E-state index in [4.69, 9.17) is 4.74 Å². The maximum absolute atomic E-state index is 13.0. The minimum absolute atomic E-state index is 0.228. The van der Waals surface area contributed by atoms with E-state index in [9.17, 15) is 19.8 Å². The number of aryl methyl sites for hydroxylation is 2. The van der Waals surface area contributed by atoms with Gasteiger partial charge in [-0.2, -0.15) is 0 Å². The molecule has 1 amide bonds. The summed E-state index contributed by atoms with van der Waals surface area (Å²) in [6, 6.07) is 11.3. The van der Waals surface area contributed by atoms with Gasteiger partial charge in [0.05, 0.1) is 12.2 Å². The van der Waals surface area contributed by atoms with Crippen LogP contribution in [-0.2, 0) is 10.2 Å². The van der Waals surface area contributed by atoms with Crippen LogP contribution in [0.3, 0.4) is 0 Å². The number of carboxylic acids is 1. The lowest BCUT2D eigenvalue weighted by Gasteiger charge is -2.39. The molecule has 0 aromatic heterocycles. The molecule has 6 nitrogen and oxygen atoms in total. The number of hydrogen-bond donors (Lipinski definition) is 2. The van der Waals surface area contributed by atoms with E-state index in [1.54, 1.807) is 0 Å². The van der Waals surface area contributed by atoms with E-state index in [1.807, 2.05) is 32.0 Å².